The second kappa shape index (κ2) is 6.89. The zero-order valence-corrected chi connectivity index (χ0v) is 16.0. The number of aromatic nitrogens is 4. The molecule has 1 aromatic carbocycles. The van der Waals surface area contributed by atoms with Crippen LogP contribution in [0.4, 0.5) is 30.7 Å². The first kappa shape index (κ1) is 22.5. The quantitative estimate of drug-likeness (QED) is 0.525. The Bertz CT molecular complexity index is 1070. The summed E-state index contributed by atoms with van der Waals surface area (Å²) in [5.74, 6) is -2.61. The van der Waals surface area contributed by atoms with Crippen LogP contribution in [0.1, 0.15) is 24.8 Å². The van der Waals surface area contributed by atoms with Crippen molar-refractivity contribution in [1.82, 2.24) is 20.2 Å². The highest BCUT2D eigenvalue weighted by atomic mass is 19.4. The van der Waals surface area contributed by atoms with Crippen molar-refractivity contribution in [2.45, 2.75) is 49.6 Å². The van der Waals surface area contributed by atoms with Crippen molar-refractivity contribution in [1.29, 1.82) is 0 Å². The second-order valence-corrected chi connectivity index (χ2v) is 8.37. The van der Waals surface area contributed by atoms with Gasteiger partial charge in [0.05, 0.1) is 6.54 Å². The summed E-state index contributed by atoms with van der Waals surface area (Å²) in [4.78, 5) is 0. The summed E-state index contributed by atoms with van der Waals surface area (Å²) in [6, 6.07) is 1.76. The second-order valence-electron chi connectivity index (χ2n) is 8.37. The molecule has 2 aromatic rings. The van der Waals surface area contributed by atoms with Crippen LogP contribution in [0.2, 0.25) is 0 Å². The molecular weight excluding hydrogens is 449 g/mol. The summed E-state index contributed by atoms with van der Waals surface area (Å²) < 4.78 is 97.4. The van der Waals surface area contributed by atoms with E-state index in [1.165, 1.54) is 0 Å². The van der Waals surface area contributed by atoms with Gasteiger partial charge in [-0.2, -0.15) is 13.2 Å². The molecule has 2 bridgehead atoms. The lowest BCUT2D eigenvalue weighted by Crippen LogP contribution is -2.74. The van der Waals surface area contributed by atoms with E-state index in [2.05, 4.69) is 21.4 Å². The van der Waals surface area contributed by atoms with Crippen LogP contribution < -0.4 is 0 Å². The Morgan fingerprint density at radius 3 is 2.31 bits per heavy atom. The van der Waals surface area contributed by atoms with Gasteiger partial charge in [-0.15, -0.1) is 5.10 Å². The molecule has 2 N–H and O–H groups in total. The third kappa shape index (κ3) is 3.24. The number of aliphatic hydroxyl groups excluding tert-OH is 1. The Kier molecular flexibility index (Phi) is 4.84. The highest BCUT2D eigenvalue weighted by molar-refractivity contribution is 5.38. The Balaban J connectivity index is 1.65. The first-order valence-corrected chi connectivity index (χ1v) is 9.28. The highest BCUT2D eigenvalue weighted by Gasteiger charge is 2.81. The van der Waals surface area contributed by atoms with Gasteiger partial charge in [0.1, 0.15) is 18.0 Å². The maximum Gasteiger partial charge on any atom is 0.425 e. The van der Waals surface area contributed by atoms with Gasteiger partial charge in [-0.25, -0.2) is 22.2 Å². The predicted octanol–water partition coefficient (Wildman–Crippen LogP) is 2.57. The van der Waals surface area contributed by atoms with Gasteiger partial charge in [-0.05, 0) is 41.8 Å². The molecule has 2 atom stereocenters. The van der Waals surface area contributed by atoms with Crippen LogP contribution >= 0.6 is 0 Å². The molecule has 13 heteroatoms. The Morgan fingerprint density at radius 1 is 1.12 bits per heavy atom. The molecule has 0 saturated heterocycles. The molecule has 0 amide bonds. The third-order valence-corrected chi connectivity index (χ3v) is 6.16. The van der Waals surface area contributed by atoms with Crippen LogP contribution in [-0.2, 0) is 12.1 Å². The Morgan fingerprint density at radius 2 is 1.78 bits per heavy atom. The van der Waals surface area contributed by atoms with Crippen LogP contribution in [0, 0.1) is 34.3 Å². The number of hydrogen-bond donors (Lipinski definition) is 2. The first-order chi connectivity index (χ1) is 14.7. The lowest BCUT2D eigenvalue weighted by Gasteiger charge is -2.72. The standard InChI is InChI=1S/C19H15F7N4O2/c20-11-1-2-12(13(21)5-11)17(32,9-30-10-27-28-29-30)19(25,26)16-6-15(7-16,8-16)4-3-14(31)18(22,23)24/h1-2,5,10,14,31-32H,6-9H2/t14?,15?,16?,17-/m0/s1. The molecule has 3 saturated carbocycles. The van der Waals surface area contributed by atoms with Crippen molar-refractivity contribution >= 4 is 0 Å². The van der Waals surface area contributed by atoms with Crippen molar-refractivity contribution in [2.75, 3.05) is 0 Å². The van der Waals surface area contributed by atoms with E-state index in [0.717, 1.165) is 11.0 Å². The van der Waals surface area contributed by atoms with Gasteiger partial charge in [0.15, 0.2) is 5.60 Å². The molecule has 0 aliphatic heterocycles. The van der Waals surface area contributed by atoms with Crippen LogP contribution in [0.15, 0.2) is 24.5 Å². The van der Waals surface area contributed by atoms with E-state index in [0.29, 0.717) is 18.2 Å². The van der Waals surface area contributed by atoms with Gasteiger partial charge in [0.2, 0.25) is 6.10 Å². The number of nitrogens with zero attached hydrogens (tertiary/aromatic N) is 4. The maximum atomic E-state index is 15.8. The highest BCUT2D eigenvalue weighted by Crippen LogP contribution is 2.80. The zero-order chi connectivity index (χ0) is 23.6. The number of rotatable bonds is 5. The summed E-state index contributed by atoms with van der Waals surface area (Å²) in [5, 5.41) is 30.1. The Labute approximate surface area is 176 Å². The third-order valence-electron chi connectivity index (χ3n) is 6.16. The molecule has 3 fully saturated rings. The topological polar surface area (TPSA) is 84.1 Å². The SMILES string of the molecule is OC(C#CC12CC(C(F)(F)[C@](O)(Cn3cnnn3)c3ccc(F)cc3F)(C1)C2)C(F)(F)F. The van der Waals surface area contributed by atoms with Gasteiger partial charge in [-0.3, -0.25) is 0 Å². The minimum Gasteiger partial charge on any atom is -0.377 e. The van der Waals surface area contributed by atoms with Crippen molar-refractivity contribution in [2.24, 2.45) is 10.8 Å². The molecular formula is C19H15F7N4O2. The smallest absolute Gasteiger partial charge is 0.377 e. The van der Waals surface area contributed by atoms with Crippen molar-refractivity contribution < 1.29 is 40.9 Å². The number of alkyl halides is 5. The number of hydrogen-bond acceptors (Lipinski definition) is 5. The number of benzene rings is 1. The van der Waals surface area contributed by atoms with Crippen molar-refractivity contribution in [3.05, 3.63) is 41.7 Å². The molecule has 5 rings (SSSR count). The fraction of sp³-hybridized carbons (Fsp3) is 0.526. The number of halogens is 7. The van der Waals surface area contributed by atoms with Crippen LogP contribution in [-0.4, -0.2) is 48.6 Å². The van der Waals surface area contributed by atoms with Gasteiger partial charge >= 0.3 is 6.18 Å². The molecule has 3 aliphatic rings. The van der Waals surface area contributed by atoms with Gasteiger partial charge < -0.3 is 10.2 Å². The van der Waals surface area contributed by atoms with E-state index in [1.807, 2.05) is 0 Å². The summed E-state index contributed by atoms with van der Waals surface area (Å²) in [5.41, 5.74) is -7.12. The monoisotopic (exact) mass is 464 g/mol. The first-order valence-electron chi connectivity index (χ1n) is 9.28. The minimum absolute atomic E-state index is 0.351. The fourth-order valence-corrected chi connectivity index (χ4v) is 4.66. The summed E-state index contributed by atoms with van der Waals surface area (Å²) >= 11 is 0. The zero-order valence-electron chi connectivity index (χ0n) is 16.0. The predicted molar refractivity (Wildman–Crippen MR) is 91.6 cm³/mol. The molecule has 0 spiro atoms. The van der Waals surface area contributed by atoms with E-state index in [1.54, 1.807) is 5.92 Å². The molecule has 32 heavy (non-hydrogen) atoms. The lowest BCUT2D eigenvalue weighted by atomic mass is 9.32. The van der Waals surface area contributed by atoms with E-state index < -0.39 is 58.4 Å². The molecule has 1 aromatic heterocycles. The van der Waals surface area contributed by atoms with Gasteiger partial charge in [0.25, 0.3) is 5.92 Å². The van der Waals surface area contributed by atoms with E-state index in [4.69, 9.17) is 5.11 Å². The summed E-state index contributed by atoms with van der Waals surface area (Å²) in [6.07, 6.45) is -8.06. The molecule has 1 heterocycles. The van der Waals surface area contributed by atoms with Crippen molar-refractivity contribution in [3.63, 3.8) is 0 Å². The summed E-state index contributed by atoms with van der Waals surface area (Å²) in [7, 11) is 0. The summed E-state index contributed by atoms with van der Waals surface area (Å²) in [6.45, 7) is -0.969. The number of aliphatic hydroxyl groups is 2. The van der Waals surface area contributed by atoms with Crippen molar-refractivity contribution in [3.8, 4) is 11.8 Å². The van der Waals surface area contributed by atoms with Gasteiger partial charge in [-0.1, -0.05) is 11.8 Å². The van der Waals surface area contributed by atoms with Crippen LogP contribution in [0.3, 0.4) is 0 Å². The molecule has 6 nitrogen and oxygen atoms in total. The molecule has 1 unspecified atom stereocenters. The lowest BCUT2D eigenvalue weighted by molar-refractivity contribution is -0.355. The minimum atomic E-state index is -4.97. The largest absolute Gasteiger partial charge is 0.425 e. The maximum absolute atomic E-state index is 15.8. The van der Waals surface area contributed by atoms with E-state index in [9.17, 15) is 27.1 Å². The van der Waals surface area contributed by atoms with Crippen LogP contribution in [0.5, 0.6) is 0 Å². The average molecular weight is 464 g/mol. The van der Waals surface area contributed by atoms with Crippen LogP contribution in [0.25, 0.3) is 0 Å². The molecule has 172 valence electrons. The Hall–Kier alpha value is -2.72. The molecule has 3 aliphatic carbocycles. The molecule has 0 radical (unpaired) electrons. The fourth-order valence-electron chi connectivity index (χ4n) is 4.66. The normalized spacial score (nSPS) is 27.4. The van der Waals surface area contributed by atoms with Gasteiger partial charge in [0, 0.05) is 22.5 Å². The average Bonchev–Trinajstić information content (AvgIpc) is 3.10. The van der Waals surface area contributed by atoms with E-state index in [-0.39, 0.29) is 19.3 Å². The number of tetrazole rings is 1. The van der Waals surface area contributed by atoms with E-state index >= 15 is 8.78 Å².